The van der Waals surface area contributed by atoms with Crippen molar-refractivity contribution >= 4 is 11.8 Å². The van der Waals surface area contributed by atoms with Crippen molar-refractivity contribution in [2.24, 2.45) is 5.90 Å². The highest BCUT2D eigenvalue weighted by Crippen LogP contribution is 2.40. The molecule has 0 amide bonds. The van der Waals surface area contributed by atoms with Crippen LogP contribution in [0, 0.1) is 0 Å². The Bertz CT molecular complexity index is 1260. The van der Waals surface area contributed by atoms with Crippen LogP contribution in [0.3, 0.4) is 0 Å². The van der Waals surface area contributed by atoms with Crippen LogP contribution in [0.2, 0.25) is 0 Å². The number of nitrogens with two attached hydrogens (primary N) is 1. The minimum Gasteiger partial charge on any atom is -0.507 e. The van der Waals surface area contributed by atoms with Crippen molar-refractivity contribution in [2.75, 3.05) is 14.1 Å². The highest BCUT2D eigenvalue weighted by atomic mass is 32.2. The van der Waals surface area contributed by atoms with E-state index >= 15 is 0 Å². The summed E-state index contributed by atoms with van der Waals surface area (Å²) < 4.78 is 1.93. The van der Waals surface area contributed by atoms with E-state index in [2.05, 4.69) is 32.2 Å². The minimum atomic E-state index is 0.0112. The summed E-state index contributed by atoms with van der Waals surface area (Å²) in [6, 6.07) is 17.3. The monoisotopic (exact) mass is 476 g/mol. The maximum Gasteiger partial charge on any atom is 0.202 e. The Morgan fingerprint density at radius 1 is 1.09 bits per heavy atom. The zero-order chi connectivity index (χ0) is 24.2. The van der Waals surface area contributed by atoms with E-state index in [1.165, 1.54) is 23.4 Å². The number of phenolic OH excluding ortho intramolecular Hbond substituents is 1. The summed E-state index contributed by atoms with van der Waals surface area (Å²) >= 11 is 1.41. The molecule has 0 aliphatic rings. The molecule has 0 radical (unpaired) electrons. The molecule has 0 spiro atoms. The average molecular weight is 477 g/mol. The fraction of sp³-hybridized carbons (Fsp3) is 0.240. The molecule has 0 unspecified atom stereocenters. The molecule has 0 aliphatic heterocycles. The second kappa shape index (κ2) is 10.3. The molecule has 2 aromatic heterocycles. The summed E-state index contributed by atoms with van der Waals surface area (Å²) in [5.74, 6) is 6.53. The van der Waals surface area contributed by atoms with Crippen molar-refractivity contribution in [1.82, 2.24) is 24.6 Å². The van der Waals surface area contributed by atoms with Gasteiger partial charge in [0.15, 0.2) is 11.6 Å². The van der Waals surface area contributed by atoms with E-state index in [0.717, 1.165) is 22.8 Å². The van der Waals surface area contributed by atoms with Crippen LogP contribution >= 0.6 is 11.8 Å². The normalized spacial score (nSPS) is 11.4. The van der Waals surface area contributed by atoms with Crippen LogP contribution in [-0.2, 0) is 6.54 Å². The molecular weight excluding hydrogens is 448 g/mol. The Morgan fingerprint density at radius 3 is 2.47 bits per heavy atom. The first-order chi connectivity index (χ1) is 16.4. The topological polar surface area (TPSA) is 102 Å². The molecule has 8 nitrogen and oxygen atoms in total. The first-order valence-corrected chi connectivity index (χ1v) is 11.7. The molecule has 0 atom stereocenters. The van der Waals surface area contributed by atoms with Crippen LogP contribution in [0.1, 0.15) is 30.9 Å². The molecule has 4 rings (SSSR count). The van der Waals surface area contributed by atoms with Crippen molar-refractivity contribution < 1.29 is 9.94 Å². The smallest absolute Gasteiger partial charge is 0.202 e. The number of nitrogens with zero attached hydrogens (tertiary/aromatic N) is 5. The lowest BCUT2D eigenvalue weighted by molar-refractivity contribution is 0.327. The number of benzene rings is 2. The second-order valence-electron chi connectivity index (χ2n) is 8.50. The summed E-state index contributed by atoms with van der Waals surface area (Å²) in [7, 11) is 4.08. The lowest BCUT2D eigenvalue weighted by atomic mass is 9.98. The first kappa shape index (κ1) is 23.7. The maximum absolute atomic E-state index is 10.9. The van der Waals surface area contributed by atoms with Gasteiger partial charge in [-0.15, -0.1) is 10.2 Å². The lowest BCUT2D eigenvalue weighted by Gasteiger charge is -2.16. The number of hydrogen-bond donors (Lipinski definition) is 2. The maximum atomic E-state index is 10.9. The van der Waals surface area contributed by atoms with E-state index < -0.39 is 0 Å². The van der Waals surface area contributed by atoms with E-state index in [-0.39, 0.29) is 11.7 Å². The predicted molar refractivity (Wildman–Crippen MR) is 133 cm³/mol. The number of pyridine rings is 1. The largest absolute Gasteiger partial charge is 0.507 e. The van der Waals surface area contributed by atoms with Crippen molar-refractivity contribution in [2.45, 2.75) is 36.5 Å². The van der Waals surface area contributed by atoms with E-state index in [0.29, 0.717) is 22.3 Å². The van der Waals surface area contributed by atoms with Gasteiger partial charge in [-0.1, -0.05) is 32.0 Å². The summed E-state index contributed by atoms with van der Waals surface area (Å²) in [6.45, 7) is 4.91. The van der Waals surface area contributed by atoms with Crippen molar-refractivity contribution in [3.8, 4) is 28.6 Å². The van der Waals surface area contributed by atoms with E-state index in [1.807, 2.05) is 68.9 Å². The Labute approximate surface area is 203 Å². The molecule has 0 aliphatic carbocycles. The number of aromatic nitrogens is 4. The standard InChI is InChI=1S/C25H28N6O2S/c1-16(2)19-13-20(21(32)14-22(19)33-26)24-28-29-25(34-23-7-5-6-12-27-23)31(24)18-10-8-17(9-11-18)15-30(3)4/h5-14,16,32H,15,26H2,1-4H3. The molecule has 0 bridgehead atoms. The molecule has 0 saturated heterocycles. The molecule has 3 N–H and O–H groups in total. The molecular formula is C25H28N6O2S. The van der Waals surface area contributed by atoms with Gasteiger partial charge in [0.25, 0.3) is 0 Å². The molecule has 176 valence electrons. The van der Waals surface area contributed by atoms with Gasteiger partial charge in [0.05, 0.1) is 5.56 Å². The van der Waals surface area contributed by atoms with Crippen LogP contribution in [0.25, 0.3) is 17.1 Å². The third-order valence-electron chi connectivity index (χ3n) is 5.28. The summed E-state index contributed by atoms with van der Waals surface area (Å²) in [5.41, 5.74) is 3.48. The summed E-state index contributed by atoms with van der Waals surface area (Å²) in [4.78, 5) is 11.5. The Hall–Kier alpha value is -3.40. The number of phenols is 1. The highest BCUT2D eigenvalue weighted by Gasteiger charge is 2.22. The Kier molecular flexibility index (Phi) is 7.16. The fourth-order valence-electron chi connectivity index (χ4n) is 3.68. The van der Waals surface area contributed by atoms with Gasteiger partial charge in [0.1, 0.15) is 10.8 Å². The van der Waals surface area contributed by atoms with Crippen LogP contribution in [0.5, 0.6) is 11.5 Å². The van der Waals surface area contributed by atoms with Gasteiger partial charge >= 0.3 is 0 Å². The Morgan fingerprint density at radius 2 is 1.85 bits per heavy atom. The molecule has 2 heterocycles. The quantitative estimate of drug-likeness (QED) is 0.355. The zero-order valence-electron chi connectivity index (χ0n) is 19.6. The molecule has 9 heteroatoms. The molecule has 0 fully saturated rings. The van der Waals surface area contributed by atoms with Gasteiger partial charge in [-0.3, -0.25) is 4.57 Å². The van der Waals surface area contributed by atoms with Crippen molar-refractivity contribution in [1.29, 1.82) is 0 Å². The van der Waals surface area contributed by atoms with Gasteiger partial charge < -0.3 is 14.8 Å². The van der Waals surface area contributed by atoms with Gasteiger partial charge in [-0.2, -0.15) is 5.90 Å². The van der Waals surface area contributed by atoms with Crippen molar-refractivity contribution in [3.63, 3.8) is 0 Å². The molecule has 34 heavy (non-hydrogen) atoms. The SMILES string of the molecule is CC(C)c1cc(-c2nnc(Sc3ccccn3)n2-c2ccc(CN(C)C)cc2)c(O)cc1ON. The van der Waals surface area contributed by atoms with Gasteiger partial charge in [0.2, 0.25) is 5.16 Å². The van der Waals surface area contributed by atoms with Gasteiger partial charge in [-0.25, -0.2) is 4.98 Å². The number of rotatable bonds is 8. The number of aromatic hydroxyl groups is 1. The Balaban J connectivity index is 1.86. The summed E-state index contributed by atoms with van der Waals surface area (Å²) in [6.07, 6.45) is 1.74. The number of hydrogen-bond acceptors (Lipinski definition) is 8. The lowest BCUT2D eigenvalue weighted by Crippen LogP contribution is -2.10. The van der Waals surface area contributed by atoms with E-state index in [4.69, 9.17) is 10.7 Å². The second-order valence-corrected chi connectivity index (χ2v) is 9.48. The third-order valence-corrected chi connectivity index (χ3v) is 6.18. The van der Waals surface area contributed by atoms with Crippen LogP contribution in [-0.4, -0.2) is 43.9 Å². The van der Waals surface area contributed by atoms with Crippen LogP contribution < -0.4 is 10.7 Å². The third kappa shape index (κ3) is 5.06. The van der Waals surface area contributed by atoms with E-state index in [9.17, 15) is 5.11 Å². The molecule has 2 aromatic carbocycles. The molecule has 0 saturated carbocycles. The molecule has 4 aromatic rings. The van der Waals surface area contributed by atoms with Gasteiger partial charge in [0, 0.05) is 30.1 Å². The van der Waals surface area contributed by atoms with E-state index in [1.54, 1.807) is 6.20 Å². The zero-order valence-corrected chi connectivity index (χ0v) is 20.5. The predicted octanol–water partition coefficient (Wildman–Crippen LogP) is 4.62. The highest BCUT2D eigenvalue weighted by molar-refractivity contribution is 7.99. The average Bonchev–Trinajstić information content (AvgIpc) is 3.22. The minimum absolute atomic E-state index is 0.0112. The van der Waals surface area contributed by atoms with Gasteiger partial charge in [-0.05, 0) is 67.7 Å². The van der Waals surface area contributed by atoms with Crippen LogP contribution in [0.15, 0.2) is 71.0 Å². The van der Waals surface area contributed by atoms with Crippen molar-refractivity contribution in [3.05, 3.63) is 71.9 Å². The summed E-state index contributed by atoms with van der Waals surface area (Å²) in [5, 5.41) is 21.2. The fourth-order valence-corrected chi connectivity index (χ4v) is 4.49. The van der Waals surface area contributed by atoms with Crippen LogP contribution in [0.4, 0.5) is 0 Å². The first-order valence-electron chi connectivity index (χ1n) is 10.9.